The second kappa shape index (κ2) is 11.4. The Morgan fingerprint density at radius 3 is 1.43 bits per heavy atom. The van der Waals surface area contributed by atoms with Crippen LogP contribution in [0.4, 0.5) is 0 Å². The van der Waals surface area contributed by atoms with Crippen LogP contribution in [0.15, 0.2) is 0 Å². The van der Waals surface area contributed by atoms with Gasteiger partial charge in [0, 0.05) is 13.1 Å². The highest BCUT2D eigenvalue weighted by molar-refractivity contribution is 4.77. The molecule has 0 rings (SSSR count). The smallest absolute Gasteiger partial charge is 0.0558 e. The summed E-state index contributed by atoms with van der Waals surface area (Å²) in [6, 6.07) is 0. The molecule has 130 valence electrons. The van der Waals surface area contributed by atoms with Crippen molar-refractivity contribution in [3.05, 3.63) is 0 Å². The first-order valence-corrected chi connectivity index (χ1v) is 8.45. The Labute approximate surface area is 133 Å². The van der Waals surface area contributed by atoms with Crippen molar-refractivity contribution in [1.29, 1.82) is 0 Å². The molecule has 1 atom stereocenters. The molecule has 0 aromatic heterocycles. The van der Waals surface area contributed by atoms with Gasteiger partial charge in [-0.3, -0.25) is 4.90 Å². The van der Waals surface area contributed by atoms with E-state index in [1.807, 2.05) is 11.8 Å². The predicted octanol–water partition coefficient (Wildman–Crippen LogP) is 3.79. The lowest BCUT2D eigenvalue weighted by Crippen LogP contribution is -2.29. The van der Waals surface area contributed by atoms with Crippen LogP contribution in [0.2, 0.25) is 0 Å². The summed E-state index contributed by atoms with van der Waals surface area (Å²) in [6.07, 6.45) is 2.65. The van der Waals surface area contributed by atoms with Crippen molar-refractivity contribution < 1.29 is 10.2 Å². The van der Waals surface area contributed by atoms with Gasteiger partial charge in [-0.1, -0.05) is 61.8 Å². The maximum absolute atomic E-state index is 8.47. The molecule has 0 saturated carbocycles. The summed E-state index contributed by atoms with van der Waals surface area (Å²) in [7, 11) is 0. The molecule has 0 aromatic carbocycles. The third-order valence-electron chi connectivity index (χ3n) is 3.86. The molecule has 0 amide bonds. The van der Waals surface area contributed by atoms with Crippen molar-refractivity contribution in [2.45, 2.75) is 68.2 Å². The molecule has 0 heterocycles. The summed E-state index contributed by atoms with van der Waals surface area (Å²) in [5.41, 5.74) is 0.954. The van der Waals surface area contributed by atoms with Gasteiger partial charge in [0.25, 0.3) is 0 Å². The first-order valence-electron chi connectivity index (χ1n) is 8.45. The quantitative estimate of drug-likeness (QED) is 0.752. The molecule has 0 aliphatic heterocycles. The van der Waals surface area contributed by atoms with Crippen LogP contribution in [-0.2, 0) is 0 Å². The summed E-state index contributed by atoms with van der Waals surface area (Å²) in [5, 5.41) is 16.9. The highest BCUT2D eigenvalue weighted by atomic mass is 16.3. The summed E-state index contributed by atoms with van der Waals surface area (Å²) in [6.45, 7) is 20.9. The summed E-state index contributed by atoms with van der Waals surface area (Å²) in [5.74, 6) is 0.859. The minimum absolute atomic E-state index is 0.174. The first kappa shape index (κ1) is 23.2. The van der Waals surface area contributed by atoms with Crippen LogP contribution in [0.5, 0.6) is 0 Å². The third kappa shape index (κ3) is 14.6. The average molecular weight is 304 g/mol. The molecule has 0 aliphatic carbocycles. The van der Waals surface area contributed by atoms with Crippen molar-refractivity contribution in [1.82, 2.24) is 4.90 Å². The van der Waals surface area contributed by atoms with E-state index in [1.54, 1.807) is 0 Å². The summed E-state index contributed by atoms with van der Waals surface area (Å²) < 4.78 is 0. The van der Waals surface area contributed by atoms with Gasteiger partial charge >= 0.3 is 0 Å². The van der Waals surface area contributed by atoms with E-state index in [2.05, 4.69) is 48.5 Å². The second-order valence-electron chi connectivity index (χ2n) is 8.12. The van der Waals surface area contributed by atoms with Gasteiger partial charge in [-0.05, 0) is 29.7 Å². The summed E-state index contributed by atoms with van der Waals surface area (Å²) >= 11 is 0. The number of hydrogen-bond donors (Lipinski definition) is 2. The van der Waals surface area contributed by atoms with Gasteiger partial charge in [-0.2, -0.15) is 0 Å². The molecule has 1 unspecified atom stereocenters. The average Bonchev–Trinajstić information content (AvgIpc) is 2.34. The van der Waals surface area contributed by atoms with E-state index >= 15 is 0 Å². The molecular weight excluding hydrogens is 262 g/mol. The van der Waals surface area contributed by atoms with Crippen molar-refractivity contribution in [2.75, 3.05) is 32.8 Å². The molecule has 21 heavy (non-hydrogen) atoms. The van der Waals surface area contributed by atoms with Crippen LogP contribution in [-0.4, -0.2) is 48.0 Å². The van der Waals surface area contributed by atoms with E-state index in [0.29, 0.717) is 23.9 Å². The van der Waals surface area contributed by atoms with E-state index in [0.717, 1.165) is 12.5 Å². The Kier molecular flexibility index (Phi) is 12.6. The number of nitrogens with zero attached hydrogens (tertiary/aromatic N) is 1. The maximum Gasteiger partial charge on any atom is 0.0558 e. The van der Waals surface area contributed by atoms with Gasteiger partial charge in [-0.25, -0.2) is 0 Å². The first-order chi connectivity index (χ1) is 9.51. The van der Waals surface area contributed by atoms with E-state index in [-0.39, 0.29) is 13.2 Å². The fourth-order valence-electron chi connectivity index (χ4n) is 2.51. The van der Waals surface area contributed by atoms with Crippen LogP contribution >= 0.6 is 0 Å². The molecule has 3 nitrogen and oxygen atoms in total. The zero-order valence-corrected chi connectivity index (χ0v) is 15.9. The molecule has 0 aromatic rings. The van der Waals surface area contributed by atoms with E-state index in [4.69, 9.17) is 10.2 Å². The highest BCUT2D eigenvalue weighted by Gasteiger charge is 2.27. The molecular formula is C18H41NO2. The van der Waals surface area contributed by atoms with E-state index in [1.165, 1.54) is 12.8 Å². The predicted molar refractivity (Wildman–Crippen MR) is 93.6 cm³/mol. The van der Waals surface area contributed by atoms with E-state index < -0.39 is 0 Å². The lowest BCUT2D eigenvalue weighted by atomic mass is 9.71. The number of aliphatic hydroxyl groups excluding tert-OH is 2. The third-order valence-corrected chi connectivity index (χ3v) is 3.86. The van der Waals surface area contributed by atoms with Crippen LogP contribution < -0.4 is 0 Å². The Morgan fingerprint density at radius 1 is 0.857 bits per heavy atom. The standard InChI is InChI=1S/C12H26.C6H15NO2/c1-8-10(12(5,6)7)9-11(2,3)4;1-2-7(3-5-8)4-6-9/h10H,8-9H2,1-7H3;8-9H,2-6H2,1H3. The monoisotopic (exact) mass is 303 g/mol. The molecule has 3 heteroatoms. The number of hydrogen-bond acceptors (Lipinski definition) is 3. The van der Waals surface area contributed by atoms with Crippen molar-refractivity contribution in [3.8, 4) is 0 Å². The van der Waals surface area contributed by atoms with Crippen molar-refractivity contribution in [2.24, 2.45) is 16.7 Å². The van der Waals surface area contributed by atoms with Crippen LogP contribution in [0.3, 0.4) is 0 Å². The van der Waals surface area contributed by atoms with Gasteiger partial charge in [0.1, 0.15) is 0 Å². The van der Waals surface area contributed by atoms with Gasteiger partial charge in [0.2, 0.25) is 0 Å². The molecule has 0 spiro atoms. The Bertz CT molecular complexity index is 222. The van der Waals surface area contributed by atoms with Crippen LogP contribution in [0, 0.1) is 16.7 Å². The molecule has 0 bridgehead atoms. The van der Waals surface area contributed by atoms with Gasteiger partial charge < -0.3 is 10.2 Å². The molecule has 2 N–H and O–H groups in total. The fourth-order valence-corrected chi connectivity index (χ4v) is 2.51. The van der Waals surface area contributed by atoms with E-state index in [9.17, 15) is 0 Å². The van der Waals surface area contributed by atoms with Gasteiger partial charge in [0.05, 0.1) is 13.2 Å². The topological polar surface area (TPSA) is 43.7 Å². The minimum Gasteiger partial charge on any atom is -0.395 e. The Hall–Kier alpha value is -0.120. The molecule has 0 saturated heterocycles. The normalized spacial score (nSPS) is 13.9. The second-order valence-corrected chi connectivity index (χ2v) is 8.12. The number of aliphatic hydroxyl groups is 2. The largest absolute Gasteiger partial charge is 0.395 e. The highest BCUT2D eigenvalue weighted by Crippen LogP contribution is 2.37. The zero-order chi connectivity index (χ0) is 17.1. The fraction of sp³-hybridized carbons (Fsp3) is 1.00. The zero-order valence-electron chi connectivity index (χ0n) is 15.9. The van der Waals surface area contributed by atoms with Crippen molar-refractivity contribution in [3.63, 3.8) is 0 Å². The maximum atomic E-state index is 8.47. The number of rotatable bonds is 7. The van der Waals surface area contributed by atoms with Crippen molar-refractivity contribution >= 4 is 0 Å². The Balaban J connectivity index is 0. The SMILES string of the molecule is CCC(CC(C)(C)C)C(C)(C)C.CCN(CCO)CCO. The lowest BCUT2D eigenvalue weighted by Gasteiger charge is -2.35. The molecule has 0 aliphatic rings. The van der Waals surface area contributed by atoms with Crippen LogP contribution in [0.1, 0.15) is 68.2 Å². The van der Waals surface area contributed by atoms with Gasteiger partial charge in [-0.15, -0.1) is 0 Å². The lowest BCUT2D eigenvalue weighted by molar-refractivity contribution is 0.160. The van der Waals surface area contributed by atoms with Crippen LogP contribution in [0.25, 0.3) is 0 Å². The summed E-state index contributed by atoms with van der Waals surface area (Å²) in [4.78, 5) is 1.99. The Morgan fingerprint density at radius 2 is 1.29 bits per heavy atom. The molecule has 0 fully saturated rings. The number of likely N-dealkylation sites (N-methyl/N-ethyl adjacent to an activating group) is 1. The molecule has 0 radical (unpaired) electrons. The van der Waals surface area contributed by atoms with Gasteiger partial charge in [0.15, 0.2) is 0 Å². The minimum atomic E-state index is 0.174.